The number of fused-ring (bicyclic) bond motifs is 1. The molecule has 0 bridgehead atoms. The van der Waals surface area contributed by atoms with Gasteiger partial charge in [0.1, 0.15) is 6.61 Å². The summed E-state index contributed by atoms with van der Waals surface area (Å²) in [7, 11) is 0. The molecule has 1 aliphatic carbocycles. The van der Waals surface area contributed by atoms with Gasteiger partial charge < -0.3 is 14.4 Å². The van der Waals surface area contributed by atoms with Crippen molar-refractivity contribution in [2.24, 2.45) is 17.8 Å². The molecular formula is C24H24F3NO4. The normalized spacial score (nSPS) is 24.4. The van der Waals surface area contributed by atoms with Crippen LogP contribution in [0.5, 0.6) is 0 Å². The largest absolute Gasteiger partial charge is 0.466 e. The molecule has 1 saturated heterocycles. The molecule has 8 heteroatoms. The van der Waals surface area contributed by atoms with Crippen LogP contribution in [0.4, 0.5) is 18.0 Å². The van der Waals surface area contributed by atoms with Crippen molar-refractivity contribution in [3.63, 3.8) is 0 Å². The third kappa shape index (κ3) is 4.59. The van der Waals surface area contributed by atoms with Gasteiger partial charge in [0.15, 0.2) is 0 Å². The number of amides is 1. The first-order chi connectivity index (χ1) is 15.3. The molecule has 4 rings (SSSR count). The topological polar surface area (TPSA) is 55.8 Å². The van der Waals surface area contributed by atoms with Crippen LogP contribution in [0.2, 0.25) is 0 Å². The van der Waals surface area contributed by atoms with Crippen molar-refractivity contribution >= 4 is 12.1 Å². The first kappa shape index (κ1) is 22.2. The summed E-state index contributed by atoms with van der Waals surface area (Å²) in [6, 6.07) is 13.6. The van der Waals surface area contributed by atoms with E-state index in [0.29, 0.717) is 18.5 Å². The summed E-state index contributed by atoms with van der Waals surface area (Å²) in [6.07, 6.45) is -4.51. The Labute approximate surface area is 184 Å². The highest BCUT2D eigenvalue weighted by Gasteiger charge is 2.60. The summed E-state index contributed by atoms with van der Waals surface area (Å²) in [5, 5.41) is 0. The Bertz CT molecular complexity index is 961. The molecule has 2 aliphatic rings. The molecule has 2 aromatic carbocycles. The van der Waals surface area contributed by atoms with Gasteiger partial charge >= 0.3 is 18.2 Å². The van der Waals surface area contributed by atoms with Crippen LogP contribution in [-0.4, -0.2) is 30.1 Å². The van der Waals surface area contributed by atoms with E-state index in [0.717, 1.165) is 17.7 Å². The molecule has 1 aliphatic heterocycles. The molecule has 0 spiro atoms. The number of alkyl halides is 3. The fourth-order valence-electron chi connectivity index (χ4n) is 4.56. The minimum absolute atomic E-state index is 0.0241. The van der Waals surface area contributed by atoms with Gasteiger partial charge in [0.2, 0.25) is 0 Å². The summed E-state index contributed by atoms with van der Waals surface area (Å²) in [4.78, 5) is 26.8. The van der Waals surface area contributed by atoms with Crippen LogP contribution < -0.4 is 0 Å². The minimum Gasteiger partial charge on any atom is -0.466 e. The van der Waals surface area contributed by atoms with Gasteiger partial charge in [0.25, 0.3) is 0 Å². The molecule has 1 amide bonds. The van der Waals surface area contributed by atoms with Crippen molar-refractivity contribution in [3.8, 4) is 0 Å². The number of benzene rings is 2. The maximum Gasteiger partial charge on any atom is 0.416 e. The van der Waals surface area contributed by atoms with E-state index in [1.807, 2.05) is 30.3 Å². The van der Waals surface area contributed by atoms with Crippen molar-refractivity contribution in [3.05, 3.63) is 71.3 Å². The molecule has 0 radical (unpaired) electrons. The Kier molecular flexibility index (Phi) is 6.13. The Morgan fingerprint density at radius 1 is 1.00 bits per heavy atom. The summed E-state index contributed by atoms with van der Waals surface area (Å²) >= 11 is 0. The van der Waals surface area contributed by atoms with Crippen molar-refractivity contribution in [2.45, 2.75) is 32.2 Å². The van der Waals surface area contributed by atoms with Crippen molar-refractivity contribution in [2.75, 3.05) is 13.2 Å². The number of piperidine rings is 1. The molecule has 5 nitrogen and oxygen atoms in total. The third-order valence-electron chi connectivity index (χ3n) is 6.23. The number of carbonyl (C=O) groups is 2. The van der Waals surface area contributed by atoms with Gasteiger partial charge in [0, 0.05) is 6.54 Å². The summed E-state index contributed by atoms with van der Waals surface area (Å²) in [5.41, 5.74) is 0.671. The Morgan fingerprint density at radius 2 is 1.69 bits per heavy atom. The van der Waals surface area contributed by atoms with E-state index in [4.69, 9.17) is 9.47 Å². The summed E-state index contributed by atoms with van der Waals surface area (Å²) in [6.45, 7) is 2.40. The van der Waals surface area contributed by atoms with E-state index in [1.54, 1.807) is 6.92 Å². The second-order valence-corrected chi connectivity index (χ2v) is 8.17. The minimum atomic E-state index is -4.43. The highest BCUT2D eigenvalue weighted by molar-refractivity contribution is 5.77. The molecule has 0 aromatic heterocycles. The van der Waals surface area contributed by atoms with Gasteiger partial charge in [-0.1, -0.05) is 42.5 Å². The average molecular weight is 447 g/mol. The number of carbonyl (C=O) groups excluding carboxylic acids is 2. The third-order valence-corrected chi connectivity index (χ3v) is 6.23. The molecule has 2 fully saturated rings. The molecule has 0 N–H and O–H groups in total. The molecule has 2 aromatic rings. The van der Waals surface area contributed by atoms with E-state index in [9.17, 15) is 22.8 Å². The smallest absolute Gasteiger partial charge is 0.416 e. The lowest BCUT2D eigenvalue weighted by atomic mass is 9.94. The molecule has 1 heterocycles. The van der Waals surface area contributed by atoms with Crippen LogP contribution >= 0.6 is 0 Å². The van der Waals surface area contributed by atoms with Gasteiger partial charge in [-0.2, -0.15) is 13.2 Å². The van der Waals surface area contributed by atoms with Crippen molar-refractivity contribution < 1.29 is 32.2 Å². The lowest BCUT2D eigenvalue weighted by Crippen LogP contribution is -2.40. The van der Waals surface area contributed by atoms with Gasteiger partial charge in [-0.15, -0.1) is 0 Å². The van der Waals surface area contributed by atoms with Gasteiger partial charge in [-0.3, -0.25) is 4.79 Å². The zero-order valence-electron chi connectivity index (χ0n) is 17.5. The zero-order chi connectivity index (χ0) is 22.9. The number of likely N-dealkylation sites (tertiary alicyclic amines) is 1. The predicted molar refractivity (Wildman–Crippen MR) is 109 cm³/mol. The number of hydrogen-bond acceptors (Lipinski definition) is 4. The van der Waals surface area contributed by atoms with Crippen LogP contribution in [-0.2, 0) is 27.1 Å². The maximum atomic E-state index is 13.0. The van der Waals surface area contributed by atoms with E-state index >= 15 is 0 Å². The lowest BCUT2D eigenvalue weighted by Gasteiger charge is -2.35. The number of rotatable bonds is 5. The van der Waals surface area contributed by atoms with Crippen LogP contribution in [0.1, 0.15) is 36.1 Å². The fraction of sp³-hybridized carbons (Fsp3) is 0.417. The van der Waals surface area contributed by atoms with E-state index < -0.39 is 23.9 Å². The second-order valence-electron chi connectivity index (χ2n) is 8.17. The maximum absolute atomic E-state index is 13.0. The molecule has 1 unspecified atom stereocenters. The SMILES string of the molecule is CCOC(=O)[C@H]1C2CN(C(=O)OCc3ccccc3)[C@H](c3ccc(C(F)(F)F)cc3)C[C@H]21. The quantitative estimate of drug-likeness (QED) is 0.590. The van der Waals surface area contributed by atoms with Gasteiger partial charge in [-0.25, -0.2) is 4.79 Å². The molecule has 1 saturated carbocycles. The van der Waals surface area contributed by atoms with Crippen LogP contribution in [0.15, 0.2) is 54.6 Å². The Balaban J connectivity index is 1.53. The molecule has 32 heavy (non-hydrogen) atoms. The molecular weight excluding hydrogens is 423 g/mol. The number of halogens is 3. The number of nitrogens with zero attached hydrogens (tertiary/aromatic N) is 1. The van der Waals surface area contributed by atoms with Gasteiger partial charge in [-0.05, 0) is 48.4 Å². The fourth-order valence-corrected chi connectivity index (χ4v) is 4.56. The molecule has 4 atom stereocenters. The highest BCUT2D eigenvalue weighted by Crippen LogP contribution is 2.57. The zero-order valence-corrected chi connectivity index (χ0v) is 17.5. The van der Waals surface area contributed by atoms with Crippen LogP contribution in [0.3, 0.4) is 0 Å². The van der Waals surface area contributed by atoms with Crippen molar-refractivity contribution in [1.82, 2.24) is 4.90 Å². The van der Waals surface area contributed by atoms with E-state index in [2.05, 4.69) is 0 Å². The number of esters is 1. The van der Waals surface area contributed by atoms with Crippen LogP contribution in [0, 0.1) is 17.8 Å². The summed E-state index contributed by atoms with van der Waals surface area (Å²) in [5.74, 6) is -0.560. The molecule has 170 valence electrons. The Morgan fingerprint density at radius 3 is 2.31 bits per heavy atom. The first-order valence-corrected chi connectivity index (χ1v) is 10.6. The van der Waals surface area contributed by atoms with E-state index in [1.165, 1.54) is 17.0 Å². The predicted octanol–water partition coefficient (Wildman–Crippen LogP) is 5.21. The number of ether oxygens (including phenoxy) is 2. The monoisotopic (exact) mass is 447 g/mol. The summed E-state index contributed by atoms with van der Waals surface area (Å²) < 4.78 is 49.6. The van der Waals surface area contributed by atoms with E-state index in [-0.39, 0.29) is 36.9 Å². The Hall–Kier alpha value is -3.03. The number of hydrogen-bond donors (Lipinski definition) is 0. The lowest BCUT2D eigenvalue weighted by molar-refractivity contribution is -0.145. The first-order valence-electron chi connectivity index (χ1n) is 10.6. The van der Waals surface area contributed by atoms with Gasteiger partial charge in [0.05, 0.1) is 24.1 Å². The van der Waals surface area contributed by atoms with Crippen molar-refractivity contribution in [1.29, 1.82) is 0 Å². The highest BCUT2D eigenvalue weighted by atomic mass is 19.4. The van der Waals surface area contributed by atoms with Crippen LogP contribution in [0.25, 0.3) is 0 Å². The second kappa shape index (κ2) is 8.84. The average Bonchev–Trinajstić information content (AvgIpc) is 3.50. The standard InChI is InChI=1S/C24H24F3NO4/c1-2-31-22(29)21-18-12-20(16-8-10-17(11-9-16)24(25,26)27)28(13-19(18)21)23(30)32-14-15-6-4-3-5-7-15/h3-11,18-21H,2,12-14H2,1H3/t18-,19?,20+,21-/m1/s1.